The van der Waals surface area contributed by atoms with Crippen LogP contribution in [-0.2, 0) is 28.6 Å². The van der Waals surface area contributed by atoms with E-state index in [-0.39, 0.29) is 64.9 Å². The number of hydrogen-bond donors (Lipinski definition) is 1. The predicted molar refractivity (Wildman–Crippen MR) is 134 cm³/mol. The number of carbonyl (C=O) groups is 3. The van der Waals surface area contributed by atoms with Crippen molar-refractivity contribution in [2.45, 2.75) is 103 Å². The number of esters is 2. The zero-order valence-electron chi connectivity index (χ0n) is 22.8. The SMILES string of the molecule is CC(=O)O[C@@H]1C[C@H]2[C@@H]3[C@H](O)C=C4CC=CC(=O)[C@]4(C)[C@H]3CC[C@]2(C)[C@H]1[C@H](C)[C@H]1C[C@]2(C)O[C@]2(C)C(=O)O1. The van der Waals surface area contributed by atoms with Crippen LogP contribution in [0.1, 0.15) is 73.6 Å². The molecule has 0 radical (unpaired) electrons. The smallest absolute Gasteiger partial charge is 0.341 e. The van der Waals surface area contributed by atoms with Gasteiger partial charge in [0.25, 0.3) is 0 Å². The van der Waals surface area contributed by atoms with Gasteiger partial charge in [0.15, 0.2) is 11.4 Å². The van der Waals surface area contributed by atoms with Crippen molar-refractivity contribution < 1.29 is 33.7 Å². The number of cyclic esters (lactones) is 1. The minimum Gasteiger partial charge on any atom is -0.462 e. The molecule has 12 atom stereocenters. The van der Waals surface area contributed by atoms with E-state index in [4.69, 9.17) is 14.2 Å². The van der Waals surface area contributed by atoms with E-state index in [1.54, 1.807) is 13.0 Å². The number of ether oxygens (including phenoxy) is 3. The van der Waals surface area contributed by atoms with E-state index in [2.05, 4.69) is 20.8 Å². The summed E-state index contributed by atoms with van der Waals surface area (Å²) in [6.07, 6.45) is 7.87. The number of carbonyl (C=O) groups excluding carboxylic acids is 3. The molecule has 2 heterocycles. The molecule has 0 bridgehead atoms. The van der Waals surface area contributed by atoms with Crippen molar-refractivity contribution in [1.29, 1.82) is 0 Å². The van der Waals surface area contributed by atoms with Gasteiger partial charge in [-0.05, 0) is 75.7 Å². The lowest BCUT2D eigenvalue weighted by Crippen LogP contribution is -2.57. The third-order valence-electron chi connectivity index (χ3n) is 11.8. The second kappa shape index (κ2) is 7.78. The molecule has 7 heteroatoms. The summed E-state index contributed by atoms with van der Waals surface area (Å²) < 4.78 is 17.8. The first-order chi connectivity index (χ1) is 17.3. The van der Waals surface area contributed by atoms with E-state index in [1.807, 2.05) is 19.1 Å². The molecule has 7 nitrogen and oxygen atoms in total. The minimum atomic E-state index is -0.870. The molecule has 4 fully saturated rings. The van der Waals surface area contributed by atoms with Gasteiger partial charge in [0.2, 0.25) is 0 Å². The number of hydrogen-bond acceptors (Lipinski definition) is 7. The third kappa shape index (κ3) is 3.22. The zero-order chi connectivity index (χ0) is 26.7. The Bertz CT molecular complexity index is 1120. The second-order valence-corrected chi connectivity index (χ2v) is 13.5. The van der Waals surface area contributed by atoms with Gasteiger partial charge in [-0.25, -0.2) is 4.79 Å². The highest BCUT2D eigenvalue weighted by molar-refractivity contribution is 5.98. The lowest BCUT2D eigenvalue weighted by molar-refractivity contribution is -0.169. The molecule has 0 aromatic carbocycles. The highest BCUT2D eigenvalue weighted by Gasteiger charge is 2.74. The summed E-state index contributed by atoms with van der Waals surface area (Å²) in [5, 5.41) is 11.5. The van der Waals surface area contributed by atoms with Gasteiger partial charge in [-0.2, -0.15) is 0 Å². The van der Waals surface area contributed by atoms with Crippen LogP contribution in [0.25, 0.3) is 0 Å². The molecular formula is C30H40O7. The van der Waals surface area contributed by atoms with Gasteiger partial charge in [-0.3, -0.25) is 9.59 Å². The van der Waals surface area contributed by atoms with Crippen LogP contribution in [0.3, 0.4) is 0 Å². The number of allylic oxidation sites excluding steroid dienone is 3. The molecule has 2 saturated heterocycles. The Labute approximate surface area is 219 Å². The van der Waals surface area contributed by atoms with E-state index in [0.717, 1.165) is 18.4 Å². The summed E-state index contributed by atoms with van der Waals surface area (Å²) in [7, 11) is 0. The number of aliphatic hydroxyl groups is 1. The molecule has 0 amide bonds. The van der Waals surface area contributed by atoms with Crippen molar-refractivity contribution in [3.05, 3.63) is 23.8 Å². The lowest BCUT2D eigenvalue weighted by atomic mass is 9.46. The standard InChI is InChI=1S/C30H40O7/c1-15(22-14-28(4)30(6,37-28)26(34)36-22)25-21(35-16(2)31)13-19-24-18(10-11-27(19,25)3)29(5)17(12-20(24)32)8-7-9-23(29)33/h7,9,12,15,18-22,24-25,32H,8,10-11,13-14H2,1-6H3/t15-,18+,19+,20-,21-,22-,24-,25+,27+,28+,29+,30-/m1/s1. The molecule has 1 N–H and O–H groups in total. The molecule has 2 saturated carbocycles. The van der Waals surface area contributed by atoms with E-state index < -0.39 is 22.7 Å². The lowest BCUT2D eigenvalue weighted by Gasteiger charge is -2.57. The molecule has 0 aromatic heterocycles. The summed E-state index contributed by atoms with van der Waals surface area (Å²) >= 11 is 0. The first kappa shape index (κ1) is 25.3. The Morgan fingerprint density at radius 3 is 2.59 bits per heavy atom. The Hall–Kier alpha value is -1.99. The van der Waals surface area contributed by atoms with Crippen molar-refractivity contribution in [3.8, 4) is 0 Å². The van der Waals surface area contributed by atoms with Crippen molar-refractivity contribution in [2.24, 2.45) is 40.4 Å². The maximum atomic E-state index is 13.3. The fourth-order valence-corrected chi connectivity index (χ4v) is 9.58. The Morgan fingerprint density at radius 2 is 1.92 bits per heavy atom. The van der Waals surface area contributed by atoms with Crippen LogP contribution in [0.15, 0.2) is 23.8 Å². The van der Waals surface area contributed by atoms with Crippen molar-refractivity contribution in [3.63, 3.8) is 0 Å². The van der Waals surface area contributed by atoms with Crippen LogP contribution in [0.4, 0.5) is 0 Å². The summed E-state index contributed by atoms with van der Waals surface area (Å²) in [5.74, 6) is -0.600. The zero-order valence-corrected chi connectivity index (χ0v) is 22.8. The van der Waals surface area contributed by atoms with Crippen LogP contribution >= 0.6 is 0 Å². The van der Waals surface area contributed by atoms with Crippen LogP contribution in [-0.4, -0.2) is 52.3 Å². The van der Waals surface area contributed by atoms with Gasteiger partial charge in [-0.1, -0.05) is 31.6 Å². The first-order valence-corrected chi connectivity index (χ1v) is 13.9. The minimum absolute atomic E-state index is 0.0389. The fourth-order valence-electron chi connectivity index (χ4n) is 9.58. The van der Waals surface area contributed by atoms with Crippen molar-refractivity contribution >= 4 is 17.7 Å². The number of ketones is 1. The highest BCUT2D eigenvalue weighted by Crippen LogP contribution is 2.67. The maximum Gasteiger partial charge on any atom is 0.341 e. The molecule has 6 rings (SSSR count). The van der Waals surface area contributed by atoms with E-state index in [1.165, 1.54) is 6.92 Å². The van der Waals surface area contributed by atoms with Crippen molar-refractivity contribution in [2.75, 3.05) is 0 Å². The molecule has 6 aliphatic rings. The summed E-state index contributed by atoms with van der Waals surface area (Å²) in [4.78, 5) is 38.3. The largest absolute Gasteiger partial charge is 0.462 e. The molecule has 37 heavy (non-hydrogen) atoms. The second-order valence-electron chi connectivity index (χ2n) is 13.5. The van der Waals surface area contributed by atoms with Crippen LogP contribution < -0.4 is 0 Å². The Kier molecular flexibility index (Phi) is 5.32. The van der Waals surface area contributed by atoms with Gasteiger partial charge >= 0.3 is 11.9 Å². The molecule has 0 aromatic rings. The summed E-state index contributed by atoms with van der Waals surface area (Å²) in [5.41, 5.74) is -1.20. The summed E-state index contributed by atoms with van der Waals surface area (Å²) in [6.45, 7) is 11.6. The molecular weight excluding hydrogens is 472 g/mol. The molecule has 2 aliphatic heterocycles. The van der Waals surface area contributed by atoms with E-state index >= 15 is 0 Å². The van der Waals surface area contributed by atoms with Crippen LogP contribution in [0.2, 0.25) is 0 Å². The van der Waals surface area contributed by atoms with E-state index in [9.17, 15) is 19.5 Å². The average molecular weight is 513 g/mol. The average Bonchev–Trinajstić information content (AvgIpc) is 3.27. The van der Waals surface area contributed by atoms with Gasteiger partial charge < -0.3 is 19.3 Å². The van der Waals surface area contributed by atoms with Crippen molar-refractivity contribution in [1.82, 2.24) is 0 Å². The topological polar surface area (TPSA) is 102 Å². The molecule has 0 unspecified atom stereocenters. The monoisotopic (exact) mass is 512 g/mol. The maximum absolute atomic E-state index is 13.3. The Balaban J connectivity index is 1.36. The molecule has 202 valence electrons. The quantitative estimate of drug-likeness (QED) is 0.347. The predicted octanol–water partition coefficient (Wildman–Crippen LogP) is 3.92. The fraction of sp³-hybridized carbons (Fsp3) is 0.767. The number of aliphatic hydroxyl groups excluding tert-OH is 1. The first-order valence-electron chi connectivity index (χ1n) is 13.9. The third-order valence-corrected chi connectivity index (χ3v) is 11.8. The normalized spacial score (nSPS) is 52.6. The number of epoxide rings is 1. The van der Waals surface area contributed by atoms with Gasteiger partial charge in [0.05, 0.1) is 11.5 Å². The Morgan fingerprint density at radius 1 is 1.19 bits per heavy atom. The molecule has 0 spiro atoms. The van der Waals surface area contributed by atoms with E-state index in [0.29, 0.717) is 19.3 Å². The number of fused-ring (bicyclic) bond motifs is 6. The number of rotatable bonds is 3. The van der Waals surface area contributed by atoms with Gasteiger partial charge in [-0.15, -0.1) is 0 Å². The summed E-state index contributed by atoms with van der Waals surface area (Å²) in [6, 6.07) is 0. The van der Waals surface area contributed by atoms with Gasteiger partial charge in [0.1, 0.15) is 17.8 Å². The van der Waals surface area contributed by atoms with Crippen LogP contribution in [0.5, 0.6) is 0 Å². The van der Waals surface area contributed by atoms with Gasteiger partial charge in [0, 0.05) is 25.2 Å². The highest BCUT2D eigenvalue weighted by atomic mass is 16.7. The van der Waals surface area contributed by atoms with Crippen LogP contribution in [0, 0.1) is 40.4 Å². The molecule has 4 aliphatic carbocycles.